The molecule has 1 heterocycles. The number of H-pyrrole nitrogens is 1. The molecule has 0 saturated heterocycles. The van der Waals surface area contributed by atoms with Gasteiger partial charge in [0, 0.05) is 4.90 Å². The van der Waals surface area contributed by atoms with Crippen molar-refractivity contribution >= 4 is 35.7 Å². The fraction of sp³-hybridized carbons (Fsp3) is 0.333. The number of hydrogen-bond acceptors (Lipinski definition) is 6. The van der Waals surface area contributed by atoms with Gasteiger partial charge in [0.15, 0.2) is 0 Å². The van der Waals surface area contributed by atoms with E-state index in [2.05, 4.69) is 23.2 Å². The van der Waals surface area contributed by atoms with Crippen molar-refractivity contribution in [2.24, 2.45) is 0 Å². The molecule has 1 aromatic carbocycles. The molecule has 0 fully saturated rings. The fourth-order valence-electron chi connectivity index (χ4n) is 1.40. The third kappa shape index (κ3) is 4.59. The lowest BCUT2D eigenvalue weighted by atomic mass is 10.3. The average molecular weight is 314 g/mol. The van der Waals surface area contributed by atoms with Gasteiger partial charge in [-0.15, -0.1) is 28.6 Å². The van der Waals surface area contributed by atoms with Gasteiger partial charge in [-0.2, -0.15) is 0 Å². The van der Waals surface area contributed by atoms with Crippen molar-refractivity contribution in [1.29, 1.82) is 0 Å². The van der Waals surface area contributed by atoms with Gasteiger partial charge in [-0.05, 0) is 30.1 Å². The zero-order chi connectivity index (χ0) is 13.5. The van der Waals surface area contributed by atoms with Gasteiger partial charge in [0.25, 0.3) is 4.84 Å². The largest absolute Gasteiger partial charge is 0.482 e. The molecular formula is C12H14N2O2S3. The highest BCUT2D eigenvalue weighted by Crippen LogP contribution is 2.29. The zero-order valence-electron chi connectivity index (χ0n) is 10.4. The summed E-state index contributed by atoms with van der Waals surface area (Å²) < 4.78 is 10.9. The predicted molar refractivity (Wildman–Crippen MR) is 81.3 cm³/mol. The molecule has 4 nitrogen and oxygen atoms in total. The van der Waals surface area contributed by atoms with Crippen molar-refractivity contribution in [3.8, 4) is 5.75 Å². The minimum Gasteiger partial charge on any atom is -0.482 e. The minimum atomic E-state index is 0.307. The second-order valence-electron chi connectivity index (χ2n) is 3.50. The van der Waals surface area contributed by atoms with Crippen molar-refractivity contribution in [3.63, 3.8) is 0 Å². The molecule has 0 radical (unpaired) electrons. The molecule has 0 amide bonds. The molecular weight excluding hydrogens is 300 g/mol. The first-order valence-electron chi connectivity index (χ1n) is 5.76. The van der Waals surface area contributed by atoms with Crippen molar-refractivity contribution in [1.82, 2.24) is 10.2 Å². The van der Waals surface area contributed by atoms with Gasteiger partial charge >= 0.3 is 0 Å². The minimum absolute atomic E-state index is 0.307. The maximum atomic E-state index is 5.75. The van der Waals surface area contributed by atoms with Crippen LogP contribution in [-0.2, 0) is 5.75 Å². The molecule has 102 valence electrons. The van der Waals surface area contributed by atoms with Crippen molar-refractivity contribution in [2.75, 3.05) is 11.7 Å². The number of para-hydroxylation sites is 1. The second-order valence-corrected chi connectivity index (χ2v) is 6.11. The molecule has 0 atom stereocenters. The number of benzene rings is 1. The molecule has 0 unspecified atom stereocenters. The topological polar surface area (TPSA) is 51.0 Å². The molecule has 2 aromatic rings. The van der Waals surface area contributed by atoms with Crippen LogP contribution >= 0.6 is 35.7 Å². The van der Waals surface area contributed by atoms with Crippen LogP contribution in [0.25, 0.3) is 0 Å². The highest BCUT2D eigenvalue weighted by atomic mass is 32.2. The normalized spacial score (nSPS) is 10.6. The van der Waals surface area contributed by atoms with Crippen LogP contribution in [0.2, 0.25) is 0 Å². The lowest BCUT2D eigenvalue weighted by Gasteiger charge is -2.09. The molecule has 1 aromatic heterocycles. The lowest BCUT2D eigenvalue weighted by Crippen LogP contribution is -1.95. The predicted octanol–water partition coefficient (Wildman–Crippen LogP) is 4.11. The Morgan fingerprint density at radius 2 is 2.26 bits per heavy atom. The van der Waals surface area contributed by atoms with Crippen molar-refractivity contribution in [3.05, 3.63) is 35.0 Å². The van der Waals surface area contributed by atoms with E-state index in [0.29, 0.717) is 22.4 Å². The maximum absolute atomic E-state index is 5.75. The molecule has 0 saturated carbocycles. The maximum Gasteiger partial charge on any atom is 0.284 e. The highest BCUT2D eigenvalue weighted by Gasteiger charge is 2.04. The third-order valence-corrected chi connectivity index (χ3v) is 4.00. The lowest BCUT2D eigenvalue weighted by molar-refractivity contribution is 0.383. The standard InChI is InChI=1S/C12H14N2O2S3/c1-2-19-10-6-4-3-5-9(10)15-8-18-7-11-13-14-12(17)16-11/h3-6H,2,7-8H2,1H3,(H,14,17). The molecule has 1 N–H and O–H groups in total. The van der Waals surface area contributed by atoms with E-state index in [9.17, 15) is 0 Å². The van der Waals surface area contributed by atoms with Crippen LogP contribution in [0.1, 0.15) is 12.8 Å². The van der Waals surface area contributed by atoms with E-state index in [0.717, 1.165) is 11.5 Å². The van der Waals surface area contributed by atoms with E-state index in [1.807, 2.05) is 18.2 Å². The molecule has 0 aliphatic heterocycles. The Kier molecular flexibility index (Phi) is 5.81. The third-order valence-electron chi connectivity index (χ3n) is 2.15. The summed E-state index contributed by atoms with van der Waals surface area (Å²) in [7, 11) is 0. The van der Waals surface area contributed by atoms with Crippen LogP contribution in [0.4, 0.5) is 0 Å². The van der Waals surface area contributed by atoms with E-state index in [1.165, 1.54) is 4.90 Å². The second kappa shape index (κ2) is 7.62. The molecule has 0 spiro atoms. The number of aromatic amines is 1. The summed E-state index contributed by atoms with van der Waals surface area (Å²) in [6, 6.07) is 8.05. The molecule has 0 bridgehead atoms. The van der Waals surface area contributed by atoms with Gasteiger partial charge in [-0.1, -0.05) is 19.1 Å². The number of aromatic nitrogens is 2. The number of hydrogen-bond donors (Lipinski definition) is 1. The smallest absolute Gasteiger partial charge is 0.284 e. The van der Waals surface area contributed by atoms with E-state index >= 15 is 0 Å². The zero-order valence-corrected chi connectivity index (χ0v) is 12.9. The first-order valence-corrected chi connectivity index (χ1v) is 8.31. The van der Waals surface area contributed by atoms with Crippen molar-refractivity contribution in [2.45, 2.75) is 17.6 Å². The Hall–Kier alpha value is -0.920. The van der Waals surface area contributed by atoms with Gasteiger partial charge in [0.05, 0.1) is 5.75 Å². The van der Waals surface area contributed by atoms with E-state index in [-0.39, 0.29) is 0 Å². The van der Waals surface area contributed by atoms with E-state index < -0.39 is 0 Å². The van der Waals surface area contributed by atoms with E-state index in [1.54, 1.807) is 23.5 Å². The van der Waals surface area contributed by atoms with Crippen LogP contribution in [0.15, 0.2) is 33.6 Å². The first-order chi connectivity index (χ1) is 9.29. The number of nitrogens with zero attached hydrogens (tertiary/aromatic N) is 1. The molecule has 0 aliphatic carbocycles. The summed E-state index contributed by atoms with van der Waals surface area (Å²) in [5.41, 5.74) is 0. The Bertz CT molecular complexity index is 568. The van der Waals surface area contributed by atoms with Crippen LogP contribution in [0.5, 0.6) is 5.75 Å². The Morgan fingerprint density at radius 3 is 3.00 bits per heavy atom. The quantitative estimate of drug-likeness (QED) is 0.359. The Labute approximate surface area is 125 Å². The summed E-state index contributed by atoms with van der Waals surface area (Å²) in [5, 5.41) is 6.52. The molecule has 7 heteroatoms. The number of nitrogens with one attached hydrogen (secondary N) is 1. The monoisotopic (exact) mass is 314 g/mol. The van der Waals surface area contributed by atoms with Crippen LogP contribution in [0, 0.1) is 4.84 Å². The Balaban J connectivity index is 1.80. The van der Waals surface area contributed by atoms with Gasteiger partial charge < -0.3 is 9.15 Å². The van der Waals surface area contributed by atoms with Crippen LogP contribution < -0.4 is 4.74 Å². The van der Waals surface area contributed by atoms with Gasteiger partial charge in [-0.3, -0.25) is 0 Å². The first kappa shape index (κ1) is 14.5. The highest BCUT2D eigenvalue weighted by molar-refractivity contribution is 7.99. The summed E-state index contributed by atoms with van der Waals surface area (Å²) in [5.74, 6) is 3.73. The molecule has 0 aliphatic rings. The molecule has 2 rings (SSSR count). The fourth-order valence-corrected chi connectivity index (χ4v) is 2.89. The number of ether oxygens (including phenoxy) is 1. The van der Waals surface area contributed by atoms with E-state index in [4.69, 9.17) is 21.4 Å². The number of thioether (sulfide) groups is 2. The SMILES string of the molecule is CCSc1ccccc1OCSCc1n[nH]c(=S)o1. The molecule has 19 heavy (non-hydrogen) atoms. The van der Waals surface area contributed by atoms with Crippen molar-refractivity contribution < 1.29 is 9.15 Å². The average Bonchev–Trinajstić information content (AvgIpc) is 2.83. The van der Waals surface area contributed by atoms with Crippen LogP contribution in [-0.4, -0.2) is 21.9 Å². The van der Waals surface area contributed by atoms with Gasteiger partial charge in [0.1, 0.15) is 11.7 Å². The number of rotatable bonds is 7. The van der Waals surface area contributed by atoms with Crippen LogP contribution in [0.3, 0.4) is 0 Å². The summed E-state index contributed by atoms with van der Waals surface area (Å²) >= 11 is 8.17. The van der Waals surface area contributed by atoms with Gasteiger partial charge in [0.2, 0.25) is 5.89 Å². The Morgan fingerprint density at radius 1 is 1.42 bits per heavy atom. The summed E-state index contributed by atoms with van der Waals surface area (Å²) in [4.78, 5) is 1.48. The summed E-state index contributed by atoms with van der Waals surface area (Å²) in [6.45, 7) is 2.13. The summed E-state index contributed by atoms with van der Waals surface area (Å²) in [6.07, 6.45) is 0. The van der Waals surface area contributed by atoms with Gasteiger partial charge in [-0.25, -0.2) is 5.10 Å².